The van der Waals surface area contributed by atoms with Crippen LogP contribution in [-0.4, -0.2) is 20.9 Å². The van der Waals surface area contributed by atoms with Gasteiger partial charge >= 0.3 is 0 Å². The summed E-state index contributed by atoms with van der Waals surface area (Å²) in [7, 11) is 0. The molecule has 1 heterocycles. The molecule has 0 fully saturated rings. The Hall–Kier alpha value is -3.09. The van der Waals surface area contributed by atoms with E-state index in [2.05, 4.69) is 15.6 Å². The number of hydrogen-bond donors (Lipinski definition) is 1. The van der Waals surface area contributed by atoms with Gasteiger partial charge in [-0.3, -0.25) is 4.79 Å². The van der Waals surface area contributed by atoms with Crippen molar-refractivity contribution >= 4 is 5.91 Å². The van der Waals surface area contributed by atoms with Crippen LogP contribution in [0, 0.1) is 18.6 Å². The maximum Gasteiger partial charge on any atom is 0.273 e. The zero-order chi connectivity index (χ0) is 18.0. The molecule has 1 atom stereocenters. The van der Waals surface area contributed by atoms with Crippen LogP contribution in [0.25, 0.3) is 5.69 Å². The van der Waals surface area contributed by atoms with Crippen LogP contribution in [0.15, 0.2) is 48.7 Å². The minimum absolute atomic E-state index is 0.135. The van der Waals surface area contributed by atoms with Gasteiger partial charge in [0.2, 0.25) is 0 Å². The molecule has 1 aromatic heterocycles. The van der Waals surface area contributed by atoms with Crippen LogP contribution in [-0.2, 0) is 0 Å². The molecule has 2 aromatic carbocycles. The number of hydrogen-bond acceptors (Lipinski definition) is 3. The van der Waals surface area contributed by atoms with Gasteiger partial charge in [-0.15, -0.1) is 5.10 Å². The molecule has 1 amide bonds. The van der Waals surface area contributed by atoms with Gasteiger partial charge in [0, 0.05) is 0 Å². The van der Waals surface area contributed by atoms with E-state index in [1.165, 1.54) is 29.1 Å². The monoisotopic (exact) mass is 342 g/mol. The Morgan fingerprint density at radius 2 is 1.88 bits per heavy atom. The van der Waals surface area contributed by atoms with Gasteiger partial charge in [-0.25, -0.2) is 13.5 Å². The lowest BCUT2D eigenvalue weighted by molar-refractivity contribution is 0.0934. The molecule has 5 nitrogen and oxygen atoms in total. The van der Waals surface area contributed by atoms with Gasteiger partial charge in [0.05, 0.1) is 17.9 Å². The van der Waals surface area contributed by atoms with Gasteiger partial charge < -0.3 is 5.32 Å². The summed E-state index contributed by atoms with van der Waals surface area (Å²) in [5.41, 5.74) is 1.99. The van der Waals surface area contributed by atoms with Crippen LogP contribution in [0.2, 0.25) is 0 Å². The number of carbonyl (C=O) groups is 1. The molecule has 0 saturated carbocycles. The lowest BCUT2D eigenvalue weighted by atomic mass is 10.1. The number of amides is 1. The molecule has 0 radical (unpaired) electrons. The number of aromatic nitrogens is 3. The second-order valence-electron chi connectivity index (χ2n) is 5.73. The second-order valence-corrected chi connectivity index (χ2v) is 5.73. The highest BCUT2D eigenvalue weighted by molar-refractivity contribution is 5.92. The van der Waals surface area contributed by atoms with Crippen LogP contribution in [0.3, 0.4) is 0 Å². The van der Waals surface area contributed by atoms with E-state index in [0.29, 0.717) is 11.3 Å². The lowest BCUT2D eigenvalue weighted by Crippen LogP contribution is -2.27. The van der Waals surface area contributed by atoms with Crippen molar-refractivity contribution in [3.63, 3.8) is 0 Å². The smallest absolute Gasteiger partial charge is 0.273 e. The largest absolute Gasteiger partial charge is 0.344 e. The molecule has 25 heavy (non-hydrogen) atoms. The molecule has 0 bridgehead atoms. The van der Waals surface area contributed by atoms with Gasteiger partial charge in [0.1, 0.15) is 11.6 Å². The summed E-state index contributed by atoms with van der Waals surface area (Å²) < 4.78 is 27.7. The van der Waals surface area contributed by atoms with Crippen LogP contribution in [0.4, 0.5) is 8.78 Å². The van der Waals surface area contributed by atoms with Crippen LogP contribution in [0.1, 0.15) is 34.6 Å². The zero-order valence-corrected chi connectivity index (χ0v) is 13.7. The fraction of sp³-hybridized carbons (Fsp3) is 0.167. The Bertz CT molecular complexity index is 906. The third-order valence-corrected chi connectivity index (χ3v) is 3.85. The predicted molar refractivity (Wildman–Crippen MR) is 88.3 cm³/mol. The molecule has 0 aliphatic heterocycles. The Morgan fingerprint density at radius 1 is 1.16 bits per heavy atom. The van der Waals surface area contributed by atoms with Crippen molar-refractivity contribution in [2.45, 2.75) is 19.9 Å². The van der Waals surface area contributed by atoms with E-state index >= 15 is 0 Å². The molecule has 128 valence electrons. The van der Waals surface area contributed by atoms with Gasteiger partial charge in [0.25, 0.3) is 5.91 Å². The summed E-state index contributed by atoms with van der Waals surface area (Å²) in [6.45, 7) is 3.44. The highest BCUT2D eigenvalue weighted by Gasteiger charge is 2.15. The minimum atomic E-state index is -0.401. The summed E-state index contributed by atoms with van der Waals surface area (Å²) in [6, 6.07) is 10.1. The van der Waals surface area contributed by atoms with Crippen molar-refractivity contribution in [1.29, 1.82) is 0 Å². The molecule has 7 heteroatoms. The summed E-state index contributed by atoms with van der Waals surface area (Å²) in [4.78, 5) is 12.3. The van der Waals surface area contributed by atoms with Crippen molar-refractivity contribution in [2.75, 3.05) is 0 Å². The Balaban J connectivity index is 1.74. The zero-order valence-electron chi connectivity index (χ0n) is 13.7. The van der Waals surface area contributed by atoms with Crippen molar-refractivity contribution in [2.24, 2.45) is 0 Å². The van der Waals surface area contributed by atoms with Gasteiger partial charge in [-0.1, -0.05) is 17.3 Å². The van der Waals surface area contributed by atoms with Gasteiger partial charge in [-0.05, 0) is 55.3 Å². The maximum atomic E-state index is 13.3. The van der Waals surface area contributed by atoms with E-state index in [9.17, 15) is 13.6 Å². The number of nitrogens with one attached hydrogen (secondary N) is 1. The lowest BCUT2D eigenvalue weighted by Gasteiger charge is -2.13. The number of halogens is 2. The third-order valence-electron chi connectivity index (χ3n) is 3.85. The molecule has 0 aliphatic rings. The van der Waals surface area contributed by atoms with Crippen molar-refractivity contribution < 1.29 is 13.6 Å². The number of benzene rings is 2. The van der Waals surface area contributed by atoms with Crippen molar-refractivity contribution in [3.05, 3.63) is 77.1 Å². The van der Waals surface area contributed by atoms with E-state index in [-0.39, 0.29) is 23.4 Å². The molecule has 0 aliphatic carbocycles. The normalized spacial score (nSPS) is 12.0. The summed E-state index contributed by atoms with van der Waals surface area (Å²) in [6.07, 6.45) is 1.47. The van der Waals surface area contributed by atoms with E-state index < -0.39 is 5.91 Å². The molecule has 3 rings (SSSR count). The van der Waals surface area contributed by atoms with Crippen LogP contribution in [0.5, 0.6) is 0 Å². The quantitative estimate of drug-likeness (QED) is 0.791. The summed E-state index contributed by atoms with van der Waals surface area (Å²) in [5.74, 6) is -1.04. The third kappa shape index (κ3) is 3.71. The highest BCUT2D eigenvalue weighted by Crippen LogP contribution is 2.15. The standard InChI is InChI=1S/C18H16F2N4O/c1-11-9-15(7-8-16(11)20)24-10-17(22-23-24)18(25)21-12(2)13-3-5-14(19)6-4-13/h3-10,12H,1-2H3,(H,21,25)/t12-/m1/s1. The molecule has 0 spiro atoms. The van der Waals surface area contributed by atoms with E-state index in [1.54, 1.807) is 38.1 Å². The molecule has 1 N–H and O–H groups in total. The predicted octanol–water partition coefficient (Wildman–Crippen LogP) is 3.34. The van der Waals surface area contributed by atoms with Gasteiger partial charge in [0.15, 0.2) is 5.69 Å². The minimum Gasteiger partial charge on any atom is -0.344 e. The fourth-order valence-electron chi connectivity index (χ4n) is 2.37. The first kappa shape index (κ1) is 16.8. The van der Waals surface area contributed by atoms with Crippen molar-refractivity contribution in [1.82, 2.24) is 20.3 Å². The van der Waals surface area contributed by atoms with Crippen molar-refractivity contribution in [3.8, 4) is 5.69 Å². The maximum absolute atomic E-state index is 13.3. The SMILES string of the molecule is Cc1cc(-n2cc(C(=O)N[C@H](C)c3ccc(F)cc3)nn2)ccc1F. The highest BCUT2D eigenvalue weighted by atomic mass is 19.1. The van der Waals surface area contributed by atoms with Crippen LogP contribution >= 0.6 is 0 Å². The van der Waals surface area contributed by atoms with E-state index in [0.717, 1.165) is 5.56 Å². The summed E-state index contributed by atoms with van der Waals surface area (Å²) >= 11 is 0. The number of aryl methyl sites for hydroxylation is 1. The number of nitrogens with zero attached hydrogens (tertiary/aromatic N) is 3. The Kier molecular flexibility index (Phi) is 4.56. The molecular formula is C18H16F2N4O. The first-order valence-electron chi connectivity index (χ1n) is 7.69. The first-order chi connectivity index (χ1) is 11.9. The Labute approximate surface area is 143 Å². The summed E-state index contributed by atoms with van der Waals surface area (Å²) in [5, 5.41) is 10.5. The molecular weight excluding hydrogens is 326 g/mol. The Morgan fingerprint density at radius 3 is 2.56 bits per heavy atom. The first-order valence-corrected chi connectivity index (χ1v) is 7.69. The fourth-order valence-corrected chi connectivity index (χ4v) is 2.37. The molecule has 0 unspecified atom stereocenters. The van der Waals surface area contributed by atoms with E-state index in [4.69, 9.17) is 0 Å². The average Bonchev–Trinajstić information content (AvgIpc) is 3.08. The van der Waals surface area contributed by atoms with E-state index in [1.807, 2.05) is 0 Å². The second kappa shape index (κ2) is 6.80. The molecule has 3 aromatic rings. The topological polar surface area (TPSA) is 59.8 Å². The average molecular weight is 342 g/mol. The van der Waals surface area contributed by atoms with Gasteiger partial charge in [-0.2, -0.15) is 0 Å². The van der Waals surface area contributed by atoms with Crippen LogP contribution < -0.4 is 5.32 Å². The number of carbonyl (C=O) groups excluding carboxylic acids is 1. The molecule has 0 saturated heterocycles. The number of rotatable bonds is 4.